The molecule has 1 N–H and O–H groups in total. The molecule has 0 saturated carbocycles. The van der Waals surface area contributed by atoms with Crippen molar-refractivity contribution in [1.29, 1.82) is 0 Å². The molecule has 0 spiro atoms. The minimum absolute atomic E-state index is 0.163. The van der Waals surface area contributed by atoms with Crippen LogP contribution in [0.25, 0.3) is 0 Å². The number of aryl methyl sites for hydroxylation is 2. The van der Waals surface area contributed by atoms with Crippen molar-refractivity contribution in [3.63, 3.8) is 0 Å². The smallest absolute Gasteiger partial charge is 0.347 e. The van der Waals surface area contributed by atoms with Gasteiger partial charge in [0, 0.05) is 40.3 Å². The second kappa shape index (κ2) is 11.2. The number of carbonyl (C=O) groups is 2. The SMILES string of the molecule is Cc1cc(C)nc(O[C@H](C(=O)O)C2(c3ccccc3)c3ccccc3N(Cc3c(F)cc(F)cc3F)C(=O)CN2C)n1. The Balaban J connectivity index is 1.77. The van der Waals surface area contributed by atoms with Crippen LogP contribution in [-0.2, 0) is 21.7 Å². The number of aliphatic carboxylic acids is 1. The van der Waals surface area contributed by atoms with Crippen molar-refractivity contribution in [3.05, 3.63) is 118 Å². The molecule has 3 aromatic carbocycles. The molecule has 0 fully saturated rings. The fraction of sp³-hybridized carbons (Fsp3) is 0.226. The Labute approximate surface area is 240 Å². The van der Waals surface area contributed by atoms with Crippen molar-refractivity contribution in [2.24, 2.45) is 0 Å². The Hall–Kier alpha value is -4.77. The van der Waals surface area contributed by atoms with Gasteiger partial charge in [0.15, 0.2) is 0 Å². The molecular weight excluding hydrogens is 549 g/mol. The maximum Gasteiger partial charge on any atom is 0.347 e. The minimum Gasteiger partial charge on any atom is -0.478 e. The third-order valence-corrected chi connectivity index (χ3v) is 7.31. The molecule has 11 heteroatoms. The van der Waals surface area contributed by atoms with Crippen LogP contribution in [0.1, 0.15) is 28.1 Å². The van der Waals surface area contributed by atoms with Crippen molar-refractivity contribution in [1.82, 2.24) is 14.9 Å². The average Bonchev–Trinajstić information content (AvgIpc) is 3.01. The van der Waals surface area contributed by atoms with Crippen LogP contribution in [0.4, 0.5) is 18.9 Å². The molecule has 0 radical (unpaired) electrons. The molecule has 0 bridgehead atoms. The van der Waals surface area contributed by atoms with E-state index in [9.17, 15) is 27.9 Å². The summed E-state index contributed by atoms with van der Waals surface area (Å²) in [6.07, 6.45) is -1.70. The molecule has 42 heavy (non-hydrogen) atoms. The van der Waals surface area contributed by atoms with E-state index < -0.39 is 53.1 Å². The number of hydrogen-bond acceptors (Lipinski definition) is 6. The Bertz CT molecular complexity index is 1630. The van der Waals surface area contributed by atoms with Gasteiger partial charge in [-0.3, -0.25) is 9.69 Å². The zero-order chi connectivity index (χ0) is 30.2. The number of likely N-dealkylation sites (N-methyl/N-ethyl adjacent to an activating group) is 1. The molecule has 0 aliphatic carbocycles. The van der Waals surface area contributed by atoms with Gasteiger partial charge < -0.3 is 14.7 Å². The van der Waals surface area contributed by atoms with Crippen LogP contribution in [-0.4, -0.2) is 51.5 Å². The van der Waals surface area contributed by atoms with E-state index in [0.717, 1.165) is 0 Å². The second-order valence-corrected chi connectivity index (χ2v) is 10.1. The van der Waals surface area contributed by atoms with Crippen LogP contribution in [0.15, 0.2) is 72.8 Å². The summed E-state index contributed by atoms with van der Waals surface area (Å²) >= 11 is 0. The number of benzene rings is 3. The van der Waals surface area contributed by atoms with Gasteiger partial charge in [0.05, 0.1) is 13.1 Å². The Morgan fingerprint density at radius 1 is 0.976 bits per heavy atom. The lowest BCUT2D eigenvalue weighted by atomic mass is 9.76. The van der Waals surface area contributed by atoms with Gasteiger partial charge in [-0.25, -0.2) is 27.9 Å². The molecule has 0 saturated heterocycles. The summed E-state index contributed by atoms with van der Waals surface area (Å²) in [5.41, 5.74) is -0.0343. The molecule has 216 valence electrons. The van der Waals surface area contributed by atoms with Crippen LogP contribution in [0.2, 0.25) is 0 Å². The first kappa shape index (κ1) is 28.7. The lowest BCUT2D eigenvalue weighted by molar-refractivity contribution is -0.153. The number of rotatable bonds is 7. The molecule has 1 aliphatic heterocycles. The number of halogens is 3. The highest BCUT2D eigenvalue weighted by atomic mass is 19.1. The number of carbonyl (C=O) groups excluding carboxylic acids is 1. The van der Waals surface area contributed by atoms with E-state index in [1.165, 1.54) is 4.90 Å². The first-order chi connectivity index (χ1) is 20.0. The number of hydrogen-bond donors (Lipinski definition) is 1. The maximum atomic E-state index is 14.8. The third-order valence-electron chi connectivity index (χ3n) is 7.31. The van der Waals surface area contributed by atoms with E-state index in [-0.39, 0.29) is 18.2 Å². The fourth-order valence-corrected chi connectivity index (χ4v) is 5.57. The van der Waals surface area contributed by atoms with Crippen molar-refractivity contribution >= 4 is 17.6 Å². The van der Waals surface area contributed by atoms with Crippen molar-refractivity contribution in [3.8, 4) is 6.01 Å². The van der Waals surface area contributed by atoms with E-state index in [1.54, 1.807) is 86.5 Å². The summed E-state index contributed by atoms with van der Waals surface area (Å²) in [4.78, 5) is 38.2. The quantitative estimate of drug-likeness (QED) is 0.339. The standard InChI is InChI=1S/C31H27F3N4O4/c1-18-13-19(2)36-30(35-18)42-28(29(40)41)31(20-9-5-4-6-10-20)23-11-7-8-12-26(23)38(27(39)17-37(31)3)16-22-24(33)14-21(32)15-25(22)34/h4-15,28H,16-17H2,1-3H3,(H,40,41)/t28-,31?/m1/s1. The van der Waals surface area contributed by atoms with Gasteiger partial charge in [0.25, 0.3) is 0 Å². The highest BCUT2D eigenvalue weighted by molar-refractivity contribution is 5.97. The van der Waals surface area contributed by atoms with Gasteiger partial charge in [0.1, 0.15) is 23.0 Å². The molecule has 2 atom stereocenters. The van der Waals surface area contributed by atoms with Crippen molar-refractivity contribution in [2.75, 3.05) is 18.5 Å². The molecular formula is C31H27F3N4O4. The number of nitrogens with zero attached hydrogens (tertiary/aromatic N) is 4. The number of aromatic nitrogens is 2. The molecule has 1 aromatic heterocycles. The first-order valence-electron chi connectivity index (χ1n) is 13.0. The highest BCUT2D eigenvalue weighted by Crippen LogP contribution is 2.46. The van der Waals surface area contributed by atoms with Crippen LogP contribution >= 0.6 is 0 Å². The summed E-state index contributed by atoms with van der Waals surface area (Å²) in [6.45, 7) is 2.52. The summed E-state index contributed by atoms with van der Waals surface area (Å²) in [7, 11) is 1.58. The van der Waals surface area contributed by atoms with E-state index >= 15 is 0 Å². The molecule has 2 heterocycles. The number of carboxylic acid groups (broad SMARTS) is 1. The zero-order valence-corrected chi connectivity index (χ0v) is 23.0. The zero-order valence-electron chi connectivity index (χ0n) is 23.0. The van der Waals surface area contributed by atoms with Gasteiger partial charge in [-0.1, -0.05) is 48.5 Å². The van der Waals surface area contributed by atoms with Gasteiger partial charge in [0.2, 0.25) is 12.0 Å². The lowest BCUT2D eigenvalue weighted by Crippen LogP contribution is -2.59. The topological polar surface area (TPSA) is 95.9 Å². The largest absolute Gasteiger partial charge is 0.478 e. The Kier molecular flexibility index (Phi) is 7.70. The number of anilines is 1. The van der Waals surface area contributed by atoms with E-state index in [1.807, 2.05) is 0 Å². The molecule has 4 aromatic rings. The van der Waals surface area contributed by atoms with E-state index in [4.69, 9.17) is 4.74 Å². The highest BCUT2D eigenvalue weighted by Gasteiger charge is 2.55. The van der Waals surface area contributed by atoms with E-state index in [2.05, 4.69) is 9.97 Å². The van der Waals surface area contributed by atoms with Gasteiger partial charge in [-0.05, 0) is 38.6 Å². The number of ether oxygens (including phenoxy) is 1. The monoisotopic (exact) mass is 576 g/mol. The predicted octanol–water partition coefficient (Wildman–Crippen LogP) is 4.77. The van der Waals surface area contributed by atoms with Crippen LogP contribution in [0.5, 0.6) is 6.01 Å². The van der Waals surface area contributed by atoms with Crippen LogP contribution < -0.4 is 9.64 Å². The van der Waals surface area contributed by atoms with Gasteiger partial charge in [-0.2, -0.15) is 0 Å². The maximum absolute atomic E-state index is 14.8. The Morgan fingerprint density at radius 3 is 2.19 bits per heavy atom. The second-order valence-electron chi connectivity index (χ2n) is 10.1. The minimum atomic E-state index is -1.70. The summed E-state index contributed by atoms with van der Waals surface area (Å²) in [5.74, 6) is -5.32. The molecule has 8 nitrogen and oxygen atoms in total. The van der Waals surface area contributed by atoms with Crippen LogP contribution in [0, 0.1) is 31.3 Å². The third kappa shape index (κ3) is 5.07. The first-order valence-corrected chi connectivity index (χ1v) is 13.0. The van der Waals surface area contributed by atoms with Crippen molar-refractivity contribution < 1.29 is 32.6 Å². The molecule has 1 amide bonds. The number of fused-ring (bicyclic) bond motifs is 1. The summed E-state index contributed by atoms with van der Waals surface area (Å²) < 4.78 is 49.3. The fourth-order valence-electron chi connectivity index (χ4n) is 5.57. The molecule has 1 aliphatic rings. The predicted molar refractivity (Wildman–Crippen MR) is 147 cm³/mol. The van der Waals surface area contributed by atoms with Gasteiger partial charge >= 0.3 is 12.0 Å². The Morgan fingerprint density at radius 2 is 1.57 bits per heavy atom. The summed E-state index contributed by atoms with van der Waals surface area (Å²) in [5, 5.41) is 10.7. The average molecular weight is 577 g/mol. The van der Waals surface area contributed by atoms with Crippen LogP contribution in [0.3, 0.4) is 0 Å². The number of para-hydroxylation sites is 1. The normalized spacial score (nSPS) is 17.9. The van der Waals surface area contributed by atoms with Gasteiger partial charge in [-0.15, -0.1) is 0 Å². The number of amides is 1. The molecule has 1 unspecified atom stereocenters. The lowest BCUT2D eigenvalue weighted by Gasteiger charge is -2.44. The van der Waals surface area contributed by atoms with Crippen molar-refractivity contribution in [2.45, 2.75) is 32.0 Å². The number of carboxylic acids is 1. The van der Waals surface area contributed by atoms with E-state index in [0.29, 0.717) is 34.6 Å². The summed E-state index contributed by atoms with van der Waals surface area (Å²) in [6, 6.07) is 17.8. The molecule has 5 rings (SSSR count).